The Morgan fingerprint density at radius 3 is 2.90 bits per heavy atom. The van der Waals surface area contributed by atoms with Gasteiger partial charge in [0, 0.05) is 36.5 Å². The Bertz CT molecular complexity index is 1110. The van der Waals surface area contributed by atoms with E-state index < -0.39 is 0 Å². The van der Waals surface area contributed by atoms with E-state index in [1.54, 1.807) is 12.3 Å². The highest BCUT2D eigenvalue weighted by atomic mass is 16.2. The van der Waals surface area contributed by atoms with Crippen LogP contribution < -0.4 is 0 Å². The molecule has 1 aliphatic carbocycles. The van der Waals surface area contributed by atoms with Crippen LogP contribution in [0.1, 0.15) is 46.6 Å². The fourth-order valence-electron chi connectivity index (χ4n) is 4.72. The minimum absolute atomic E-state index is 0.0450. The molecule has 3 heterocycles. The molecule has 1 aromatic carbocycles. The van der Waals surface area contributed by atoms with Crippen LogP contribution in [-0.2, 0) is 11.8 Å². The van der Waals surface area contributed by atoms with Crippen molar-refractivity contribution in [2.75, 3.05) is 13.1 Å². The third kappa shape index (κ3) is 2.99. The largest absolute Gasteiger partial charge is 0.356 e. The maximum Gasteiger partial charge on any atom is 0.270 e. The van der Waals surface area contributed by atoms with Crippen LogP contribution in [0.25, 0.3) is 11.4 Å². The van der Waals surface area contributed by atoms with Gasteiger partial charge in [0.05, 0.1) is 11.3 Å². The van der Waals surface area contributed by atoms with Gasteiger partial charge >= 0.3 is 0 Å². The first-order valence-electron chi connectivity index (χ1n) is 9.98. The summed E-state index contributed by atoms with van der Waals surface area (Å²) in [5.74, 6) is 0.702. The summed E-state index contributed by atoms with van der Waals surface area (Å²) in [5, 5.41) is 9.03. The van der Waals surface area contributed by atoms with Gasteiger partial charge in [-0.25, -0.2) is 9.97 Å². The van der Waals surface area contributed by atoms with Gasteiger partial charge in [-0.3, -0.25) is 4.79 Å². The second kappa shape index (κ2) is 6.85. The first kappa shape index (κ1) is 17.6. The molecular weight excluding hydrogens is 362 g/mol. The van der Waals surface area contributed by atoms with Gasteiger partial charge in [0.15, 0.2) is 5.82 Å². The lowest BCUT2D eigenvalue weighted by atomic mass is 9.77. The molecule has 29 heavy (non-hydrogen) atoms. The van der Waals surface area contributed by atoms with Crippen molar-refractivity contribution in [1.29, 1.82) is 5.26 Å². The molecule has 0 radical (unpaired) electrons. The summed E-state index contributed by atoms with van der Waals surface area (Å²) in [5.41, 5.74) is 4.16. The topological polar surface area (TPSA) is 85.7 Å². The SMILES string of the molecule is N#Cc1c[nH]c(C(=O)N2CCCC3(CCc4cnc(-c5ccccc5)nc43)C2)c1. The second-order valence-electron chi connectivity index (χ2n) is 7.96. The highest BCUT2D eigenvalue weighted by molar-refractivity contribution is 5.93. The van der Waals surface area contributed by atoms with Crippen LogP contribution in [0.4, 0.5) is 0 Å². The molecule has 1 spiro atoms. The van der Waals surface area contributed by atoms with Crippen molar-refractivity contribution < 1.29 is 4.79 Å². The molecule has 1 aliphatic heterocycles. The number of rotatable bonds is 2. The molecule has 1 atom stereocenters. The number of fused-ring (bicyclic) bond motifs is 2. The monoisotopic (exact) mass is 383 g/mol. The minimum Gasteiger partial charge on any atom is -0.356 e. The third-order valence-corrected chi connectivity index (χ3v) is 6.18. The van der Waals surface area contributed by atoms with Crippen molar-refractivity contribution in [2.45, 2.75) is 31.1 Å². The molecule has 144 valence electrons. The number of aryl methyl sites for hydroxylation is 1. The predicted octanol–water partition coefficient (Wildman–Crippen LogP) is 3.46. The van der Waals surface area contributed by atoms with Gasteiger partial charge in [-0.15, -0.1) is 0 Å². The minimum atomic E-state index is -0.111. The number of aromatic amines is 1. The molecule has 1 fully saturated rings. The highest BCUT2D eigenvalue weighted by Gasteiger charge is 2.45. The zero-order valence-corrected chi connectivity index (χ0v) is 16.1. The van der Waals surface area contributed by atoms with Crippen LogP contribution in [0.3, 0.4) is 0 Å². The van der Waals surface area contributed by atoms with Crippen molar-refractivity contribution in [3.63, 3.8) is 0 Å². The number of H-pyrrole nitrogens is 1. The summed E-state index contributed by atoms with van der Waals surface area (Å²) in [6.45, 7) is 1.39. The smallest absolute Gasteiger partial charge is 0.270 e. The summed E-state index contributed by atoms with van der Waals surface area (Å²) in [4.78, 5) is 27.4. The van der Waals surface area contributed by atoms with Gasteiger partial charge in [0.25, 0.3) is 5.91 Å². The maximum atomic E-state index is 13.0. The van der Waals surface area contributed by atoms with Crippen molar-refractivity contribution >= 4 is 5.91 Å². The van der Waals surface area contributed by atoms with Crippen molar-refractivity contribution in [2.24, 2.45) is 0 Å². The molecule has 2 aliphatic rings. The van der Waals surface area contributed by atoms with Gasteiger partial charge in [0.1, 0.15) is 11.8 Å². The number of nitriles is 1. The number of nitrogens with one attached hydrogen (secondary N) is 1. The first-order chi connectivity index (χ1) is 14.2. The number of hydrogen-bond acceptors (Lipinski definition) is 4. The molecular formula is C23H21N5O. The second-order valence-corrected chi connectivity index (χ2v) is 7.96. The summed E-state index contributed by atoms with van der Waals surface area (Å²) in [7, 11) is 0. The molecule has 0 saturated carbocycles. The number of piperidine rings is 1. The molecule has 1 saturated heterocycles. The molecule has 1 N–H and O–H groups in total. The standard InChI is InChI=1S/C23H21N5O/c24-12-16-11-19(25-13-16)22(29)28-10-4-8-23(15-28)9-7-18-14-26-21(27-20(18)23)17-5-2-1-3-6-17/h1-3,5-6,11,13-14,25H,4,7-10,15H2. The number of amides is 1. The lowest BCUT2D eigenvalue weighted by molar-refractivity contribution is 0.0628. The Morgan fingerprint density at radius 1 is 1.24 bits per heavy atom. The van der Waals surface area contributed by atoms with Gasteiger partial charge in [0.2, 0.25) is 0 Å². The fourth-order valence-corrected chi connectivity index (χ4v) is 4.72. The van der Waals surface area contributed by atoms with E-state index in [1.165, 1.54) is 5.56 Å². The van der Waals surface area contributed by atoms with E-state index in [0.717, 1.165) is 49.3 Å². The molecule has 6 nitrogen and oxygen atoms in total. The maximum absolute atomic E-state index is 13.0. The molecule has 2 aromatic heterocycles. The van der Waals surface area contributed by atoms with E-state index in [2.05, 4.69) is 16.0 Å². The summed E-state index contributed by atoms with van der Waals surface area (Å²) in [6.07, 6.45) is 7.47. The number of benzene rings is 1. The quantitative estimate of drug-likeness (QED) is 0.734. The zero-order chi connectivity index (χ0) is 19.8. The van der Waals surface area contributed by atoms with Gasteiger partial charge in [-0.2, -0.15) is 5.26 Å². The van der Waals surface area contributed by atoms with E-state index in [0.29, 0.717) is 17.8 Å². The van der Waals surface area contributed by atoms with E-state index in [4.69, 9.17) is 10.2 Å². The van der Waals surface area contributed by atoms with Gasteiger partial charge in [-0.05, 0) is 37.3 Å². The average Bonchev–Trinajstić information content (AvgIpc) is 3.39. The van der Waals surface area contributed by atoms with E-state index >= 15 is 0 Å². The van der Waals surface area contributed by atoms with Crippen LogP contribution in [0.5, 0.6) is 0 Å². The van der Waals surface area contributed by atoms with E-state index in [-0.39, 0.29) is 11.3 Å². The van der Waals surface area contributed by atoms with Gasteiger partial charge < -0.3 is 9.88 Å². The number of nitrogens with zero attached hydrogens (tertiary/aromatic N) is 4. The zero-order valence-electron chi connectivity index (χ0n) is 16.1. The molecule has 6 heteroatoms. The Kier molecular flexibility index (Phi) is 4.17. The van der Waals surface area contributed by atoms with Crippen molar-refractivity contribution in [3.8, 4) is 17.5 Å². The molecule has 5 rings (SSSR count). The van der Waals surface area contributed by atoms with Crippen LogP contribution >= 0.6 is 0 Å². The van der Waals surface area contributed by atoms with Crippen LogP contribution in [0.15, 0.2) is 48.8 Å². The van der Waals surface area contributed by atoms with Crippen LogP contribution in [-0.4, -0.2) is 38.8 Å². The lowest BCUT2D eigenvalue weighted by Gasteiger charge is -2.40. The van der Waals surface area contributed by atoms with E-state index in [9.17, 15) is 4.79 Å². The van der Waals surface area contributed by atoms with Gasteiger partial charge in [-0.1, -0.05) is 30.3 Å². The summed E-state index contributed by atoms with van der Waals surface area (Å²) >= 11 is 0. The first-order valence-corrected chi connectivity index (χ1v) is 9.98. The fraction of sp³-hybridized carbons (Fsp3) is 0.304. The Labute approximate surface area is 169 Å². The Hall–Kier alpha value is -3.46. The Morgan fingerprint density at radius 2 is 2.10 bits per heavy atom. The summed E-state index contributed by atoms with van der Waals surface area (Å²) < 4.78 is 0. The van der Waals surface area contributed by atoms with E-state index in [1.807, 2.05) is 41.4 Å². The normalized spacial score (nSPS) is 20.4. The summed E-state index contributed by atoms with van der Waals surface area (Å²) in [6, 6.07) is 13.7. The lowest BCUT2D eigenvalue weighted by Crippen LogP contribution is -2.48. The molecule has 3 aromatic rings. The number of aromatic nitrogens is 3. The van der Waals surface area contributed by atoms with Crippen molar-refractivity contribution in [3.05, 3.63) is 71.3 Å². The molecule has 0 bridgehead atoms. The van der Waals surface area contributed by atoms with Crippen LogP contribution in [0.2, 0.25) is 0 Å². The molecule has 1 amide bonds. The third-order valence-electron chi connectivity index (χ3n) is 6.18. The molecule has 1 unspecified atom stereocenters. The number of carbonyl (C=O) groups is 1. The average molecular weight is 383 g/mol. The highest BCUT2D eigenvalue weighted by Crippen LogP contribution is 2.44. The number of likely N-dealkylation sites (tertiary alicyclic amines) is 1. The Balaban J connectivity index is 1.46. The number of hydrogen-bond donors (Lipinski definition) is 1. The number of carbonyl (C=O) groups excluding carboxylic acids is 1. The predicted molar refractivity (Wildman–Crippen MR) is 108 cm³/mol. The van der Waals surface area contributed by atoms with Crippen LogP contribution in [0, 0.1) is 11.3 Å². The van der Waals surface area contributed by atoms with Crippen molar-refractivity contribution in [1.82, 2.24) is 19.9 Å².